The van der Waals surface area contributed by atoms with Crippen LogP contribution in [-0.2, 0) is 9.59 Å². The maximum absolute atomic E-state index is 12.7. The van der Waals surface area contributed by atoms with Crippen LogP contribution in [0.1, 0.15) is 24.5 Å². The van der Waals surface area contributed by atoms with Crippen molar-refractivity contribution in [3.63, 3.8) is 0 Å². The Morgan fingerprint density at radius 3 is 2.73 bits per heavy atom. The fourth-order valence-electron chi connectivity index (χ4n) is 2.79. The van der Waals surface area contributed by atoms with Gasteiger partial charge in [0.25, 0.3) is 5.91 Å². The van der Waals surface area contributed by atoms with E-state index in [0.29, 0.717) is 17.9 Å². The number of ether oxygens (including phenoxy) is 1. The number of nitrogen functional groups attached to an aromatic ring is 1. The van der Waals surface area contributed by atoms with Crippen molar-refractivity contribution in [2.45, 2.75) is 33.3 Å². The van der Waals surface area contributed by atoms with E-state index in [2.05, 4.69) is 10.3 Å². The zero-order valence-corrected chi connectivity index (χ0v) is 15.1. The summed E-state index contributed by atoms with van der Waals surface area (Å²) in [7, 11) is 0. The smallest absolute Gasteiger partial charge is 0.269 e. The number of nitrogens with one attached hydrogen (secondary N) is 1. The standard InChI is InChI=1S/C19H22N4O3/c1-4-14-19(25)23(18-15(26-14)7-8-16(20)22-18)10-17(24)21-13-6-5-11(2)12(3)9-13/h5-9,14H,4,10H2,1-3H3,(H2,20,22)(H,21,24). The minimum absolute atomic E-state index is 0.158. The van der Waals surface area contributed by atoms with Crippen LogP contribution in [0.2, 0.25) is 0 Å². The lowest BCUT2D eigenvalue weighted by molar-refractivity contribution is -0.128. The molecule has 26 heavy (non-hydrogen) atoms. The van der Waals surface area contributed by atoms with E-state index >= 15 is 0 Å². The molecule has 1 aromatic carbocycles. The van der Waals surface area contributed by atoms with Crippen LogP contribution >= 0.6 is 0 Å². The summed E-state index contributed by atoms with van der Waals surface area (Å²) in [6.45, 7) is 5.68. The van der Waals surface area contributed by atoms with Crippen molar-refractivity contribution in [3.8, 4) is 5.75 Å². The van der Waals surface area contributed by atoms with Crippen molar-refractivity contribution in [2.24, 2.45) is 0 Å². The molecule has 1 atom stereocenters. The van der Waals surface area contributed by atoms with Crippen LogP contribution in [0, 0.1) is 13.8 Å². The van der Waals surface area contributed by atoms with Crippen LogP contribution in [0.25, 0.3) is 0 Å². The highest BCUT2D eigenvalue weighted by atomic mass is 16.5. The maximum Gasteiger partial charge on any atom is 0.269 e. The molecule has 2 heterocycles. The second-order valence-corrected chi connectivity index (χ2v) is 6.34. The molecule has 0 aliphatic carbocycles. The molecule has 0 radical (unpaired) electrons. The Kier molecular flexibility index (Phi) is 4.79. The Morgan fingerprint density at radius 1 is 1.27 bits per heavy atom. The summed E-state index contributed by atoms with van der Waals surface area (Å²) in [5.41, 5.74) is 8.65. The minimum atomic E-state index is -0.637. The quantitative estimate of drug-likeness (QED) is 0.879. The highest BCUT2D eigenvalue weighted by molar-refractivity contribution is 6.05. The molecule has 136 valence electrons. The van der Waals surface area contributed by atoms with E-state index in [1.54, 1.807) is 12.1 Å². The van der Waals surface area contributed by atoms with Crippen LogP contribution in [-0.4, -0.2) is 29.4 Å². The van der Waals surface area contributed by atoms with Gasteiger partial charge in [0.15, 0.2) is 17.7 Å². The molecule has 1 unspecified atom stereocenters. The van der Waals surface area contributed by atoms with E-state index in [9.17, 15) is 9.59 Å². The molecule has 3 rings (SSSR count). The van der Waals surface area contributed by atoms with Gasteiger partial charge in [-0.2, -0.15) is 0 Å². The Bertz CT molecular complexity index is 866. The number of benzene rings is 1. The number of nitrogens with zero attached hydrogens (tertiary/aromatic N) is 2. The van der Waals surface area contributed by atoms with Crippen molar-refractivity contribution in [3.05, 3.63) is 41.5 Å². The van der Waals surface area contributed by atoms with Crippen LogP contribution < -0.4 is 20.7 Å². The molecule has 7 nitrogen and oxygen atoms in total. The zero-order chi connectivity index (χ0) is 18.8. The van der Waals surface area contributed by atoms with Gasteiger partial charge < -0.3 is 15.8 Å². The van der Waals surface area contributed by atoms with Crippen LogP contribution in [0.4, 0.5) is 17.3 Å². The molecule has 1 aliphatic heterocycles. The number of hydrogen-bond donors (Lipinski definition) is 2. The number of aryl methyl sites for hydroxylation is 2. The number of hydrogen-bond acceptors (Lipinski definition) is 5. The van der Waals surface area contributed by atoms with Crippen molar-refractivity contribution in [2.75, 3.05) is 22.5 Å². The van der Waals surface area contributed by atoms with Crippen LogP contribution in [0.3, 0.4) is 0 Å². The predicted octanol–water partition coefficient (Wildman–Crippen LogP) is 2.42. The summed E-state index contributed by atoms with van der Waals surface area (Å²) in [6, 6.07) is 8.94. The minimum Gasteiger partial charge on any atom is -0.477 e. The molecule has 3 N–H and O–H groups in total. The van der Waals surface area contributed by atoms with E-state index in [-0.39, 0.29) is 30.0 Å². The lowest BCUT2D eigenvalue weighted by Gasteiger charge is -2.32. The second kappa shape index (κ2) is 7.03. The lowest BCUT2D eigenvalue weighted by atomic mass is 10.1. The molecular weight excluding hydrogens is 332 g/mol. The Balaban J connectivity index is 1.82. The zero-order valence-electron chi connectivity index (χ0n) is 15.1. The van der Waals surface area contributed by atoms with Crippen molar-refractivity contribution in [1.29, 1.82) is 0 Å². The fourth-order valence-corrected chi connectivity index (χ4v) is 2.79. The van der Waals surface area contributed by atoms with E-state index in [1.165, 1.54) is 4.90 Å². The topological polar surface area (TPSA) is 97.6 Å². The summed E-state index contributed by atoms with van der Waals surface area (Å²) < 4.78 is 5.67. The van der Waals surface area contributed by atoms with E-state index in [4.69, 9.17) is 10.5 Å². The first-order valence-corrected chi connectivity index (χ1v) is 8.50. The third kappa shape index (κ3) is 3.46. The van der Waals surface area contributed by atoms with Crippen LogP contribution in [0.5, 0.6) is 5.75 Å². The second-order valence-electron chi connectivity index (χ2n) is 6.34. The van der Waals surface area contributed by atoms with Crippen molar-refractivity contribution >= 4 is 29.1 Å². The average molecular weight is 354 g/mol. The van der Waals surface area contributed by atoms with Gasteiger partial charge in [0.05, 0.1) is 0 Å². The third-order valence-electron chi connectivity index (χ3n) is 4.39. The number of carbonyl (C=O) groups is 2. The molecule has 2 amide bonds. The molecule has 0 saturated heterocycles. The first-order chi connectivity index (χ1) is 12.4. The number of amides is 2. The Labute approximate surface area is 152 Å². The van der Waals surface area contributed by atoms with Gasteiger partial charge in [0, 0.05) is 5.69 Å². The largest absolute Gasteiger partial charge is 0.477 e. The lowest BCUT2D eigenvalue weighted by Crippen LogP contribution is -2.49. The highest BCUT2D eigenvalue weighted by Gasteiger charge is 2.35. The molecule has 1 aliphatic rings. The number of nitrogens with two attached hydrogens (primary N) is 1. The summed E-state index contributed by atoms with van der Waals surface area (Å²) in [4.78, 5) is 30.7. The summed E-state index contributed by atoms with van der Waals surface area (Å²) in [5, 5.41) is 2.82. The van der Waals surface area contributed by atoms with Gasteiger partial charge in [-0.3, -0.25) is 14.5 Å². The summed E-state index contributed by atoms with van der Waals surface area (Å²) >= 11 is 0. The third-order valence-corrected chi connectivity index (χ3v) is 4.39. The van der Waals surface area contributed by atoms with E-state index in [1.807, 2.05) is 39.0 Å². The van der Waals surface area contributed by atoms with Gasteiger partial charge in [-0.1, -0.05) is 13.0 Å². The molecule has 0 spiro atoms. The molecule has 2 aromatic rings. The van der Waals surface area contributed by atoms with Gasteiger partial charge in [-0.05, 0) is 55.7 Å². The first-order valence-electron chi connectivity index (χ1n) is 8.50. The number of aromatic nitrogens is 1. The normalized spacial score (nSPS) is 16.0. The summed E-state index contributed by atoms with van der Waals surface area (Å²) in [5.74, 6) is 0.371. The highest BCUT2D eigenvalue weighted by Crippen LogP contribution is 2.33. The van der Waals surface area contributed by atoms with Gasteiger partial charge in [0.1, 0.15) is 12.4 Å². The van der Waals surface area contributed by atoms with Crippen LogP contribution in [0.15, 0.2) is 30.3 Å². The fraction of sp³-hybridized carbons (Fsp3) is 0.316. The Morgan fingerprint density at radius 2 is 2.04 bits per heavy atom. The number of pyridine rings is 1. The monoisotopic (exact) mass is 354 g/mol. The van der Waals surface area contributed by atoms with Gasteiger partial charge in [-0.15, -0.1) is 0 Å². The van der Waals surface area contributed by atoms with Gasteiger partial charge >= 0.3 is 0 Å². The Hall–Kier alpha value is -3.09. The number of anilines is 3. The molecular formula is C19H22N4O3. The SMILES string of the molecule is CCC1Oc2ccc(N)nc2N(CC(=O)Nc2ccc(C)c(C)c2)C1=O. The predicted molar refractivity (Wildman–Crippen MR) is 100 cm³/mol. The number of carbonyl (C=O) groups excluding carboxylic acids is 2. The maximum atomic E-state index is 12.7. The molecule has 0 bridgehead atoms. The average Bonchev–Trinajstić information content (AvgIpc) is 2.60. The summed E-state index contributed by atoms with van der Waals surface area (Å²) in [6.07, 6.45) is -0.139. The first kappa shape index (κ1) is 17.7. The molecule has 1 aromatic heterocycles. The number of fused-ring (bicyclic) bond motifs is 1. The molecule has 0 fully saturated rings. The number of rotatable bonds is 4. The van der Waals surface area contributed by atoms with Crippen molar-refractivity contribution in [1.82, 2.24) is 4.98 Å². The van der Waals surface area contributed by atoms with E-state index < -0.39 is 6.10 Å². The molecule has 7 heteroatoms. The van der Waals surface area contributed by atoms with Gasteiger partial charge in [0.2, 0.25) is 5.91 Å². The molecule has 0 saturated carbocycles. The van der Waals surface area contributed by atoms with Gasteiger partial charge in [-0.25, -0.2) is 4.98 Å². The van der Waals surface area contributed by atoms with E-state index in [0.717, 1.165) is 11.1 Å². The van der Waals surface area contributed by atoms with Crippen molar-refractivity contribution < 1.29 is 14.3 Å².